The van der Waals surface area contributed by atoms with Gasteiger partial charge in [0, 0.05) is 24.5 Å². The van der Waals surface area contributed by atoms with Crippen LogP contribution in [0.1, 0.15) is 42.8 Å². The zero-order valence-electron chi connectivity index (χ0n) is 20.3. The standard InChI is InChI=1S/C27H27F3N4O/c1-15(2)34(5)25-13-24-23(12-21(25)27(28,29)30)33-26(35)14-22(32-24)19-8-6-7-18(11-19)20-9-16(3)31-17(4)10-20/h6-13,15H,14H2,1-5H3,(H,33,35). The number of benzene rings is 2. The van der Waals surface area contributed by atoms with E-state index in [1.54, 1.807) is 11.9 Å². The van der Waals surface area contributed by atoms with Gasteiger partial charge in [0.1, 0.15) is 0 Å². The molecule has 4 rings (SSSR count). The van der Waals surface area contributed by atoms with Crippen molar-refractivity contribution in [2.45, 2.75) is 46.3 Å². The van der Waals surface area contributed by atoms with Gasteiger partial charge in [-0.25, -0.2) is 0 Å². The molecule has 8 heteroatoms. The number of hydrogen-bond donors (Lipinski definition) is 1. The fourth-order valence-electron chi connectivity index (χ4n) is 4.14. The Kier molecular flexibility index (Phi) is 6.40. The maximum absolute atomic E-state index is 13.9. The van der Waals surface area contributed by atoms with Crippen molar-refractivity contribution in [1.29, 1.82) is 0 Å². The highest BCUT2D eigenvalue weighted by molar-refractivity contribution is 6.17. The maximum Gasteiger partial charge on any atom is 0.418 e. The minimum atomic E-state index is -4.58. The van der Waals surface area contributed by atoms with Gasteiger partial charge >= 0.3 is 6.18 Å². The number of hydrogen-bond acceptors (Lipinski definition) is 4. The van der Waals surface area contributed by atoms with E-state index >= 15 is 0 Å². The summed E-state index contributed by atoms with van der Waals surface area (Å²) in [7, 11) is 1.61. The molecule has 0 saturated carbocycles. The molecule has 0 spiro atoms. The molecule has 1 aliphatic rings. The third kappa shape index (κ3) is 5.21. The first-order valence-electron chi connectivity index (χ1n) is 11.3. The lowest BCUT2D eigenvalue weighted by atomic mass is 9.99. The molecule has 1 amide bonds. The van der Waals surface area contributed by atoms with Crippen molar-refractivity contribution in [3.8, 4) is 11.1 Å². The molecule has 0 atom stereocenters. The van der Waals surface area contributed by atoms with Gasteiger partial charge in [-0.1, -0.05) is 18.2 Å². The van der Waals surface area contributed by atoms with Crippen LogP contribution in [-0.4, -0.2) is 29.7 Å². The van der Waals surface area contributed by atoms with Crippen LogP contribution in [0.5, 0.6) is 0 Å². The average molecular weight is 481 g/mol. The number of nitrogens with one attached hydrogen (secondary N) is 1. The van der Waals surface area contributed by atoms with Gasteiger partial charge in [0.05, 0.1) is 34.8 Å². The Morgan fingerprint density at radius 2 is 1.63 bits per heavy atom. The van der Waals surface area contributed by atoms with Gasteiger partial charge in [0.15, 0.2) is 0 Å². The Labute approximate surface area is 202 Å². The SMILES string of the molecule is Cc1cc(-c2cccc(C3=Nc4cc(N(C)C(C)C)c(C(F)(F)F)cc4NC(=O)C3)c2)cc(C)n1. The first kappa shape index (κ1) is 24.4. The maximum atomic E-state index is 13.9. The quantitative estimate of drug-likeness (QED) is 0.453. The molecule has 1 aliphatic heterocycles. The molecule has 3 aromatic rings. The minimum absolute atomic E-state index is 0.0157. The van der Waals surface area contributed by atoms with Crippen molar-refractivity contribution in [3.05, 3.63) is 71.0 Å². The van der Waals surface area contributed by atoms with Crippen LogP contribution in [0.25, 0.3) is 11.1 Å². The van der Waals surface area contributed by atoms with E-state index < -0.39 is 17.6 Å². The molecule has 0 saturated heterocycles. The third-order valence-electron chi connectivity index (χ3n) is 6.04. The number of alkyl halides is 3. The zero-order valence-corrected chi connectivity index (χ0v) is 20.3. The molecular weight excluding hydrogens is 453 g/mol. The molecule has 1 aromatic heterocycles. The highest BCUT2D eigenvalue weighted by Crippen LogP contribution is 2.43. The molecule has 5 nitrogen and oxygen atoms in total. The number of fused-ring (bicyclic) bond motifs is 1. The summed E-state index contributed by atoms with van der Waals surface area (Å²) in [6.45, 7) is 7.49. The van der Waals surface area contributed by atoms with E-state index in [0.717, 1.165) is 34.1 Å². The minimum Gasteiger partial charge on any atom is -0.372 e. The van der Waals surface area contributed by atoms with E-state index in [4.69, 9.17) is 0 Å². The van der Waals surface area contributed by atoms with Crippen LogP contribution in [0.3, 0.4) is 0 Å². The smallest absolute Gasteiger partial charge is 0.372 e. The number of pyridine rings is 1. The molecule has 1 N–H and O–H groups in total. The fraction of sp³-hybridized carbons (Fsp3) is 0.296. The molecule has 0 aliphatic carbocycles. The first-order valence-corrected chi connectivity index (χ1v) is 11.3. The highest BCUT2D eigenvalue weighted by Gasteiger charge is 2.36. The zero-order chi connectivity index (χ0) is 25.5. The van der Waals surface area contributed by atoms with Gasteiger partial charge in [-0.3, -0.25) is 14.8 Å². The van der Waals surface area contributed by atoms with Crippen molar-refractivity contribution < 1.29 is 18.0 Å². The van der Waals surface area contributed by atoms with Gasteiger partial charge in [0.25, 0.3) is 0 Å². The van der Waals surface area contributed by atoms with E-state index in [-0.39, 0.29) is 23.8 Å². The second-order valence-corrected chi connectivity index (χ2v) is 9.09. The first-order chi connectivity index (χ1) is 16.4. The highest BCUT2D eigenvalue weighted by atomic mass is 19.4. The monoisotopic (exact) mass is 480 g/mol. The largest absolute Gasteiger partial charge is 0.418 e. The molecule has 182 valence electrons. The van der Waals surface area contributed by atoms with E-state index in [1.807, 2.05) is 64.1 Å². The van der Waals surface area contributed by atoms with Crippen molar-refractivity contribution in [2.75, 3.05) is 17.3 Å². The molecule has 0 unspecified atom stereocenters. The van der Waals surface area contributed by atoms with Crippen LogP contribution in [-0.2, 0) is 11.0 Å². The Morgan fingerprint density at radius 1 is 0.971 bits per heavy atom. The number of aliphatic imine (C=N–C) groups is 1. The second kappa shape index (κ2) is 9.17. The summed E-state index contributed by atoms with van der Waals surface area (Å²) in [6.07, 6.45) is -4.63. The molecule has 35 heavy (non-hydrogen) atoms. The van der Waals surface area contributed by atoms with Crippen molar-refractivity contribution in [1.82, 2.24) is 4.98 Å². The van der Waals surface area contributed by atoms with Crippen molar-refractivity contribution in [3.63, 3.8) is 0 Å². The predicted molar refractivity (Wildman–Crippen MR) is 134 cm³/mol. The van der Waals surface area contributed by atoms with E-state index in [2.05, 4.69) is 15.3 Å². The second-order valence-electron chi connectivity index (χ2n) is 9.09. The predicted octanol–water partition coefficient (Wildman–Crippen LogP) is 6.69. The van der Waals surface area contributed by atoms with E-state index in [1.165, 1.54) is 6.07 Å². The van der Waals surface area contributed by atoms with Gasteiger partial charge in [0.2, 0.25) is 5.91 Å². The van der Waals surface area contributed by atoms with Crippen LogP contribution in [0.4, 0.5) is 30.2 Å². The number of carbonyl (C=O) groups excluding carboxylic acids is 1. The molecule has 0 radical (unpaired) electrons. The van der Waals surface area contributed by atoms with Gasteiger partial charge in [-0.2, -0.15) is 13.2 Å². The summed E-state index contributed by atoms with van der Waals surface area (Å²) in [5.74, 6) is -0.415. The van der Waals surface area contributed by atoms with Crippen LogP contribution < -0.4 is 10.2 Å². The van der Waals surface area contributed by atoms with Gasteiger partial charge < -0.3 is 10.2 Å². The Morgan fingerprint density at radius 3 is 2.26 bits per heavy atom. The van der Waals surface area contributed by atoms with Crippen molar-refractivity contribution >= 4 is 28.7 Å². The number of carbonyl (C=O) groups is 1. The Balaban J connectivity index is 1.85. The van der Waals surface area contributed by atoms with Gasteiger partial charge in [-0.05, 0) is 74.7 Å². The number of nitrogens with zero attached hydrogens (tertiary/aromatic N) is 3. The normalized spacial score (nSPS) is 13.7. The summed E-state index contributed by atoms with van der Waals surface area (Å²) in [4.78, 5) is 23.3. The Bertz CT molecular complexity index is 1310. The average Bonchev–Trinajstić information content (AvgIpc) is 2.94. The van der Waals surface area contributed by atoms with Crippen LogP contribution in [0, 0.1) is 13.8 Å². The lowest BCUT2D eigenvalue weighted by Crippen LogP contribution is -2.28. The number of halogens is 3. The molecule has 2 aromatic carbocycles. The fourth-order valence-corrected chi connectivity index (χ4v) is 4.14. The lowest BCUT2D eigenvalue weighted by Gasteiger charge is -2.28. The van der Waals surface area contributed by atoms with Gasteiger partial charge in [-0.15, -0.1) is 0 Å². The summed E-state index contributed by atoms with van der Waals surface area (Å²) in [5, 5.41) is 2.61. The van der Waals surface area contributed by atoms with Crippen LogP contribution in [0.2, 0.25) is 0 Å². The van der Waals surface area contributed by atoms with Crippen LogP contribution in [0.15, 0.2) is 53.5 Å². The third-order valence-corrected chi connectivity index (χ3v) is 6.04. The molecule has 2 heterocycles. The van der Waals surface area contributed by atoms with E-state index in [9.17, 15) is 18.0 Å². The van der Waals surface area contributed by atoms with Crippen molar-refractivity contribution in [2.24, 2.45) is 4.99 Å². The summed E-state index contributed by atoms with van der Waals surface area (Å²) >= 11 is 0. The number of amides is 1. The Hall–Kier alpha value is -3.68. The van der Waals surface area contributed by atoms with Crippen LogP contribution >= 0.6 is 0 Å². The number of anilines is 2. The van der Waals surface area contributed by atoms with E-state index in [0.29, 0.717) is 11.4 Å². The number of rotatable bonds is 4. The number of aromatic nitrogens is 1. The summed E-state index contributed by atoms with van der Waals surface area (Å²) in [6, 6.07) is 13.8. The molecule has 0 fully saturated rings. The lowest BCUT2D eigenvalue weighted by molar-refractivity contribution is -0.137. The number of aryl methyl sites for hydroxylation is 2. The molecular formula is C27H27F3N4O. The topological polar surface area (TPSA) is 57.6 Å². The molecule has 0 bridgehead atoms. The summed E-state index contributed by atoms with van der Waals surface area (Å²) < 4.78 is 41.6. The summed E-state index contributed by atoms with van der Waals surface area (Å²) in [5.41, 5.74) is 4.50.